The number of fused-ring (bicyclic) bond motifs is 1. The maximum Gasteiger partial charge on any atom is 0.0738 e. The maximum absolute atomic E-state index is 4.59. The zero-order valence-corrected chi connectivity index (χ0v) is 13.6. The lowest BCUT2D eigenvalue weighted by Gasteiger charge is -2.27. The van der Waals surface area contributed by atoms with Gasteiger partial charge < -0.3 is 5.32 Å². The highest BCUT2D eigenvalue weighted by Crippen LogP contribution is 2.29. The summed E-state index contributed by atoms with van der Waals surface area (Å²) in [7, 11) is 0. The highest BCUT2D eigenvalue weighted by molar-refractivity contribution is 9.10. The van der Waals surface area contributed by atoms with Crippen LogP contribution in [-0.4, -0.2) is 16.3 Å². The lowest BCUT2D eigenvalue weighted by molar-refractivity contribution is 0.481. The molecule has 1 aromatic carbocycles. The average molecular weight is 334 g/mol. The molecule has 106 valence electrons. The lowest BCUT2D eigenvalue weighted by Crippen LogP contribution is -2.31. The summed E-state index contributed by atoms with van der Waals surface area (Å²) < 4.78 is 3.27. The summed E-state index contributed by atoms with van der Waals surface area (Å²) in [5.41, 5.74) is 5.28. The zero-order valence-electron chi connectivity index (χ0n) is 12.0. The van der Waals surface area contributed by atoms with E-state index in [1.54, 1.807) is 0 Å². The molecule has 0 amide bonds. The van der Waals surface area contributed by atoms with Crippen molar-refractivity contribution < 1.29 is 0 Å². The van der Waals surface area contributed by atoms with Gasteiger partial charge in [0, 0.05) is 19.0 Å². The largest absolute Gasteiger partial charge is 0.309 e. The Kier molecular flexibility index (Phi) is 3.94. The van der Waals surface area contributed by atoms with Crippen LogP contribution in [0.4, 0.5) is 0 Å². The number of aromatic nitrogens is 2. The van der Waals surface area contributed by atoms with E-state index in [0.717, 1.165) is 36.1 Å². The number of aryl methyl sites for hydroxylation is 2. The Morgan fingerprint density at radius 3 is 3.00 bits per heavy atom. The summed E-state index contributed by atoms with van der Waals surface area (Å²) in [6.45, 7) is 6.17. The van der Waals surface area contributed by atoms with Crippen molar-refractivity contribution in [3.8, 4) is 0 Å². The molecule has 0 fully saturated rings. The molecule has 2 aromatic rings. The molecule has 20 heavy (non-hydrogen) atoms. The van der Waals surface area contributed by atoms with E-state index in [9.17, 15) is 0 Å². The molecule has 3 nitrogen and oxygen atoms in total. The smallest absolute Gasteiger partial charge is 0.0738 e. The van der Waals surface area contributed by atoms with Crippen LogP contribution in [0.15, 0.2) is 28.7 Å². The Morgan fingerprint density at radius 2 is 2.20 bits per heavy atom. The Hall–Kier alpha value is -1.13. The third-order valence-electron chi connectivity index (χ3n) is 4.07. The number of hydrogen-bond acceptors (Lipinski definition) is 2. The van der Waals surface area contributed by atoms with Gasteiger partial charge in [0.1, 0.15) is 0 Å². The van der Waals surface area contributed by atoms with Crippen LogP contribution in [0, 0.1) is 6.92 Å². The average Bonchev–Trinajstić information content (AvgIpc) is 2.75. The van der Waals surface area contributed by atoms with Gasteiger partial charge in [0.15, 0.2) is 0 Å². The third kappa shape index (κ3) is 2.42. The SMILES string of the molecule is CCn1nc(C)c(Br)c1CC1NCCc2ccccc21. The Morgan fingerprint density at radius 1 is 1.40 bits per heavy atom. The predicted molar refractivity (Wildman–Crippen MR) is 84.9 cm³/mol. The molecule has 0 bridgehead atoms. The van der Waals surface area contributed by atoms with Gasteiger partial charge in [-0.2, -0.15) is 5.10 Å². The van der Waals surface area contributed by atoms with Crippen molar-refractivity contribution in [3.05, 3.63) is 51.3 Å². The van der Waals surface area contributed by atoms with E-state index in [1.165, 1.54) is 16.8 Å². The van der Waals surface area contributed by atoms with Crippen LogP contribution in [0.1, 0.15) is 35.5 Å². The van der Waals surface area contributed by atoms with Gasteiger partial charge in [0.25, 0.3) is 0 Å². The monoisotopic (exact) mass is 333 g/mol. The molecule has 0 spiro atoms. The highest BCUT2D eigenvalue weighted by Gasteiger charge is 2.23. The Balaban J connectivity index is 1.93. The summed E-state index contributed by atoms with van der Waals surface area (Å²) in [6.07, 6.45) is 2.10. The van der Waals surface area contributed by atoms with Crippen molar-refractivity contribution in [2.75, 3.05) is 6.54 Å². The fraction of sp³-hybridized carbons (Fsp3) is 0.438. The van der Waals surface area contributed by atoms with Gasteiger partial charge in [-0.1, -0.05) is 24.3 Å². The first-order valence-electron chi connectivity index (χ1n) is 7.23. The van der Waals surface area contributed by atoms with Crippen LogP contribution in [0.2, 0.25) is 0 Å². The van der Waals surface area contributed by atoms with Gasteiger partial charge >= 0.3 is 0 Å². The van der Waals surface area contributed by atoms with E-state index in [4.69, 9.17) is 0 Å². The minimum absolute atomic E-state index is 0.387. The summed E-state index contributed by atoms with van der Waals surface area (Å²) >= 11 is 3.70. The van der Waals surface area contributed by atoms with Gasteiger partial charge in [-0.15, -0.1) is 0 Å². The second-order valence-corrected chi connectivity index (χ2v) is 6.11. The van der Waals surface area contributed by atoms with E-state index >= 15 is 0 Å². The number of nitrogens with zero attached hydrogens (tertiary/aromatic N) is 2. The highest BCUT2D eigenvalue weighted by atomic mass is 79.9. The molecule has 2 heterocycles. The fourth-order valence-corrected chi connectivity index (χ4v) is 3.48. The van der Waals surface area contributed by atoms with Gasteiger partial charge in [-0.3, -0.25) is 4.68 Å². The second-order valence-electron chi connectivity index (χ2n) is 5.32. The maximum atomic E-state index is 4.59. The van der Waals surface area contributed by atoms with E-state index in [-0.39, 0.29) is 0 Å². The van der Waals surface area contributed by atoms with Crippen LogP contribution in [0.5, 0.6) is 0 Å². The fourth-order valence-electron chi connectivity index (χ4n) is 3.03. The summed E-state index contributed by atoms with van der Waals surface area (Å²) in [5, 5.41) is 8.24. The molecular formula is C16H20BrN3. The molecule has 4 heteroatoms. The molecule has 1 aromatic heterocycles. The van der Waals surface area contributed by atoms with Crippen LogP contribution < -0.4 is 5.32 Å². The van der Waals surface area contributed by atoms with Crippen LogP contribution >= 0.6 is 15.9 Å². The minimum Gasteiger partial charge on any atom is -0.309 e. The number of nitrogens with one attached hydrogen (secondary N) is 1. The van der Waals surface area contributed by atoms with Gasteiger partial charge in [-0.25, -0.2) is 0 Å². The normalized spacial score (nSPS) is 18.1. The molecular weight excluding hydrogens is 314 g/mol. The van der Waals surface area contributed by atoms with Gasteiger partial charge in [0.05, 0.1) is 15.9 Å². The van der Waals surface area contributed by atoms with E-state index in [0.29, 0.717) is 6.04 Å². The number of benzene rings is 1. The molecule has 0 saturated carbocycles. The van der Waals surface area contributed by atoms with E-state index in [2.05, 4.69) is 69.1 Å². The third-order valence-corrected chi connectivity index (χ3v) is 5.10. The van der Waals surface area contributed by atoms with Crippen molar-refractivity contribution in [3.63, 3.8) is 0 Å². The van der Waals surface area contributed by atoms with E-state index in [1.807, 2.05) is 0 Å². The van der Waals surface area contributed by atoms with Crippen molar-refractivity contribution in [2.24, 2.45) is 0 Å². The predicted octanol–water partition coefficient (Wildman–Crippen LogP) is 3.40. The first kappa shape index (κ1) is 13.8. The zero-order chi connectivity index (χ0) is 14.1. The second kappa shape index (κ2) is 5.70. The standard InChI is InChI=1S/C16H20BrN3/c1-3-20-15(16(17)11(2)19-20)10-14-13-7-5-4-6-12(13)8-9-18-14/h4-7,14,18H,3,8-10H2,1-2H3. The van der Waals surface area contributed by atoms with Gasteiger partial charge in [-0.05, 0) is 53.9 Å². The molecule has 1 N–H and O–H groups in total. The molecule has 1 atom stereocenters. The Labute approximate surface area is 128 Å². The quantitative estimate of drug-likeness (QED) is 0.932. The minimum atomic E-state index is 0.387. The number of hydrogen-bond donors (Lipinski definition) is 1. The topological polar surface area (TPSA) is 29.9 Å². The summed E-state index contributed by atoms with van der Waals surface area (Å²) in [5.74, 6) is 0. The van der Waals surface area contributed by atoms with E-state index < -0.39 is 0 Å². The number of halogens is 1. The van der Waals surface area contributed by atoms with Crippen molar-refractivity contribution in [1.29, 1.82) is 0 Å². The van der Waals surface area contributed by atoms with Gasteiger partial charge in [0.2, 0.25) is 0 Å². The molecule has 0 aliphatic carbocycles. The molecule has 1 aliphatic heterocycles. The van der Waals surface area contributed by atoms with Crippen molar-refractivity contribution >= 4 is 15.9 Å². The molecule has 1 aliphatic rings. The molecule has 0 radical (unpaired) electrons. The van der Waals surface area contributed by atoms with Crippen molar-refractivity contribution in [2.45, 2.75) is 39.3 Å². The summed E-state index contributed by atoms with van der Waals surface area (Å²) in [4.78, 5) is 0. The van der Waals surface area contributed by atoms with Crippen LogP contribution in [0.25, 0.3) is 0 Å². The first-order chi connectivity index (χ1) is 9.70. The first-order valence-corrected chi connectivity index (χ1v) is 8.03. The summed E-state index contributed by atoms with van der Waals surface area (Å²) in [6, 6.07) is 9.16. The molecule has 3 rings (SSSR count). The van der Waals surface area contributed by atoms with Crippen molar-refractivity contribution in [1.82, 2.24) is 15.1 Å². The molecule has 1 unspecified atom stereocenters. The van der Waals surface area contributed by atoms with Crippen LogP contribution in [0.3, 0.4) is 0 Å². The number of rotatable bonds is 3. The Bertz CT molecular complexity index is 618. The van der Waals surface area contributed by atoms with Crippen LogP contribution in [-0.2, 0) is 19.4 Å². The molecule has 0 saturated heterocycles. The lowest BCUT2D eigenvalue weighted by atomic mass is 9.91.